The molecule has 1 aromatic heterocycles. The second-order valence-electron chi connectivity index (χ2n) is 3.53. The van der Waals surface area contributed by atoms with Crippen molar-refractivity contribution in [2.75, 3.05) is 11.9 Å². The summed E-state index contributed by atoms with van der Waals surface area (Å²) < 4.78 is 49.5. The molecule has 0 radical (unpaired) electrons. The van der Waals surface area contributed by atoms with Gasteiger partial charge in [0, 0.05) is 13.0 Å². The van der Waals surface area contributed by atoms with Crippen molar-refractivity contribution in [3.63, 3.8) is 0 Å². The van der Waals surface area contributed by atoms with Crippen molar-refractivity contribution in [3.05, 3.63) is 17.3 Å². The second-order valence-corrected chi connectivity index (χ2v) is 3.53. The van der Waals surface area contributed by atoms with Crippen LogP contribution in [0.2, 0.25) is 0 Å². The Hall–Kier alpha value is -1.40. The molecule has 0 aromatic carbocycles. The van der Waals surface area contributed by atoms with E-state index in [0.717, 1.165) is 0 Å². The molecule has 0 bridgehead atoms. The standard InChI is InChI=1S/C10H13F4N3/c1-3-15-9-8(11)6(2)16-7(17-9)4-5-10(12,13)14/h3-5H2,1-2H3,(H,15,16,17). The van der Waals surface area contributed by atoms with E-state index < -0.39 is 18.4 Å². The molecule has 96 valence electrons. The van der Waals surface area contributed by atoms with Crippen LogP contribution in [0.5, 0.6) is 0 Å². The summed E-state index contributed by atoms with van der Waals surface area (Å²) >= 11 is 0. The van der Waals surface area contributed by atoms with Crippen molar-refractivity contribution in [1.29, 1.82) is 0 Å². The van der Waals surface area contributed by atoms with Gasteiger partial charge < -0.3 is 5.32 Å². The van der Waals surface area contributed by atoms with Crippen LogP contribution in [0.25, 0.3) is 0 Å². The molecule has 1 aromatic rings. The van der Waals surface area contributed by atoms with E-state index in [1.165, 1.54) is 6.92 Å². The van der Waals surface area contributed by atoms with Crippen LogP contribution < -0.4 is 5.32 Å². The number of alkyl halides is 3. The Bertz CT molecular complexity index is 390. The van der Waals surface area contributed by atoms with E-state index in [4.69, 9.17) is 0 Å². The topological polar surface area (TPSA) is 37.8 Å². The zero-order chi connectivity index (χ0) is 13.1. The average Bonchev–Trinajstić information content (AvgIpc) is 2.21. The van der Waals surface area contributed by atoms with Crippen LogP contribution in [0.15, 0.2) is 0 Å². The van der Waals surface area contributed by atoms with Gasteiger partial charge >= 0.3 is 6.18 Å². The van der Waals surface area contributed by atoms with Gasteiger partial charge in [-0.3, -0.25) is 0 Å². The van der Waals surface area contributed by atoms with Gasteiger partial charge in [-0.05, 0) is 13.8 Å². The maximum atomic E-state index is 13.4. The first kappa shape index (κ1) is 13.7. The highest BCUT2D eigenvalue weighted by Gasteiger charge is 2.27. The number of halogens is 4. The molecular formula is C10H13F4N3. The Morgan fingerprint density at radius 1 is 1.24 bits per heavy atom. The van der Waals surface area contributed by atoms with Crippen molar-refractivity contribution in [2.24, 2.45) is 0 Å². The molecular weight excluding hydrogens is 238 g/mol. The highest BCUT2D eigenvalue weighted by atomic mass is 19.4. The molecule has 1 rings (SSSR count). The predicted octanol–water partition coefficient (Wildman–Crippen LogP) is 2.85. The van der Waals surface area contributed by atoms with Crippen molar-refractivity contribution < 1.29 is 17.6 Å². The van der Waals surface area contributed by atoms with Gasteiger partial charge in [-0.25, -0.2) is 14.4 Å². The Morgan fingerprint density at radius 2 is 1.88 bits per heavy atom. The van der Waals surface area contributed by atoms with Crippen molar-refractivity contribution >= 4 is 5.82 Å². The number of rotatable bonds is 4. The average molecular weight is 251 g/mol. The second kappa shape index (κ2) is 5.29. The molecule has 0 aliphatic heterocycles. The van der Waals surface area contributed by atoms with Gasteiger partial charge in [-0.15, -0.1) is 0 Å². The lowest BCUT2D eigenvalue weighted by Crippen LogP contribution is -2.13. The van der Waals surface area contributed by atoms with Crippen LogP contribution >= 0.6 is 0 Å². The summed E-state index contributed by atoms with van der Waals surface area (Å²) in [5, 5.41) is 2.65. The number of nitrogens with one attached hydrogen (secondary N) is 1. The number of hydrogen-bond acceptors (Lipinski definition) is 3. The third-order valence-corrected chi connectivity index (χ3v) is 2.04. The summed E-state index contributed by atoms with van der Waals surface area (Å²) in [7, 11) is 0. The van der Waals surface area contributed by atoms with Gasteiger partial charge in [0.1, 0.15) is 5.82 Å². The minimum atomic E-state index is -4.26. The molecule has 0 atom stereocenters. The number of aryl methyl sites for hydroxylation is 2. The molecule has 0 amide bonds. The number of aromatic nitrogens is 2. The molecule has 1 N–H and O–H groups in total. The predicted molar refractivity (Wildman–Crippen MR) is 55.3 cm³/mol. The number of anilines is 1. The lowest BCUT2D eigenvalue weighted by atomic mass is 10.2. The summed E-state index contributed by atoms with van der Waals surface area (Å²) in [6.45, 7) is 3.58. The molecule has 0 spiro atoms. The third kappa shape index (κ3) is 4.16. The van der Waals surface area contributed by atoms with E-state index in [9.17, 15) is 17.6 Å². The molecule has 3 nitrogen and oxygen atoms in total. The smallest absolute Gasteiger partial charge is 0.368 e. The summed E-state index contributed by atoms with van der Waals surface area (Å²) in [5.74, 6) is -0.669. The van der Waals surface area contributed by atoms with Crippen molar-refractivity contribution in [1.82, 2.24) is 9.97 Å². The van der Waals surface area contributed by atoms with E-state index in [-0.39, 0.29) is 23.8 Å². The summed E-state index contributed by atoms with van der Waals surface area (Å²) in [5.41, 5.74) is 0.0492. The summed E-state index contributed by atoms with van der Waals surface area (Å²) in [6, 6.07) is 0. The summed E-state index contributed by atoms with van der Waals surface area (Å²) in [6.07, 6.45) is -5.61. The van der Waals surface area contributed by atoms with E-state index >= 15 is 0 Å². The van der Waals surface area contributed by atoms with Gasteiger partial charge in [0.15, 0.2) is 11.6 Å². The van der Waals surface area contributed by atoms with Gasteiger partial charge in [-0.2, -0.15) is 13.2 Å². The lowest BCUT2D eigenvalue weighted by Gasteiger charge is -2.09. The Kier molecular flexibility index (Phi) is 4.25. The molecule has 1 heterocycles. The van der Waals surface area contributed by atoms with Crippen molar-refractivity contribution in [3.8, 4) is 0 Å². The minimum Gasteiger partial charge on any atom is -0.368 e. The molecule has 7 heteroatoms. The first-order valence-electron chi connectivity index (χ1n) is 5.17. The van der Waals surface area contributed by atoms with Gasteiger partial charge in [0.2, 0.25) is 0 Å². The maximum Gasteiger partial charge on any atom is 0.389 e. The minimum absolute atomic E-state index is 0.00262. The Labute approximate surface area is 96.3 Å². The Balaban J connectivity index is 2.86. The zero-order valence-corrected chi connectivity index (χ0v) is 9.53. The zero-order valence-electron chi connectivity index (χ0n) is 9.53. The highest BCUT2D eigenvalue weighted by Crippen LogP contribution is 2.22. The summed E-state index contributed by atoms with van der Waals surface area (Å²) in [4.78, 5) is 7.42. The number of nitrogens with zero attached hydrogens (tertiary/aromatic N) is 2. The van der Waals surface area contributed by atoms with Gasteiger partial charge in [-0.1, -0.05) is 0 Å². The fourth-order valence-corrected chi connectivity index (χ4v) is 1.27. The van der Waals surface area contributed by atoms with Crippen LogP contribution in [0.3, 0.4) is 0 Å². The molecule has 0 saturated carbocycles. The van der Waals surface area contributed by atoms with Gasteiger partial charge in [0.05, 0.1) is 12.1 Å². The molecule has 0 saturated heterocycles. The first-order chi connectivity index (χ1) is 7.83. The first-order valence-corrected chi connectivity index (χ1v) is 5.17. The van der Waals surface area contributed by atoms with E-state index in [1.807, 2.05) is 0 Å². The van der Waals surface area contributed by atoms with Crippen molar-refractivity contribution in [2.45, 2.75) is 32.9 Å². The van der Waals surface area contributed by atoms with Crippen LogP contribution in [0.4, 0.5) is 23.4 Å². The normalized spacial score (nSPS) is 11.6. The van der Waals surface area contributed by atoms with Crippen LogP contribution in [0.1, 0.15) is 24.9 Å². The highest BCUT2D eigenvalue weighted by molar-refractivity contribution is 5.37. The SMILES string of the molecule is CCNc1nc(CCC(F)(F)F)nc(C)c1F. The largest absolute Gasteiger partial charge is 0.389 e. The van der Waals surface area contributed by atoms with E-state index in [0.29, 0.717) is 6.54 Å². The molecule has 0 aliphatic rings. The fourth-order valence-electron chi connectivity index (χ4n) is 1.27. The number of hydrogen-bond donors (Lipinski definition) is 1. The van der Waals surface area contributed by atoms with Crippen LogP contribution in [-0.2, 0) is 6.42 Å². The van der Waals surface area contributed by atoms with Crippen LogP contribution in [-0.4, -0.2) is 22.7 Å². The quantitative estimate of drug-likeness (QED) is 0.836. The molecule has 17 heavy (non-hydrogen) atoms. The lowest BCUT2D eigenvalue weighted by molar-refractivity contribution is -0.134. The molecule has 0 unspecified atom stereocenters. The molecule has 0 fully saturated rings. The molecule has 0 aliphatic carbocycles. The van der Waals surface area contributed by atoms with E-state index in [1.54, 1.807) is 6.92 Å². The fraction of sp³-hybridized carbons (Fsp3) is 0.600. The third-order valence-electron chi connectivity index (χ3n) is 2.04. The van der Waals surface area contributed by atoms with E-state index in [2.05, 4.69) is 15.3 Å². The maximum absolute atomic E-state index is 13.4. The monoisotopic (exact) mass is 251 g/mol. The van der Waals surface area contributed by atoms with Crippen LogP contribution in [0, 0.1) is 12.7 Å². The van der Waals surface area contributed by atoms with Gasteiger partial charge in [0.25, 0.3) is 0 Å². The Morgan fingerprint density at radius 3 is 2.41 bits per heavy atom.